The molecule has 4 rings (SSSR count). The smallest absolute Gasteiger partial charge is 0.384 e. The van der Waals surface area contributed by atoms with Crippen LogP contribution in [0.25, 0.3) is 0 Å². The highest BCUT2D eigenvalue weighted by molar-refractivity contribution is 5.96. The molecule has 0 bridgehead atoms. The van der Waals surface area contributed by atoms with Crippen molar-refractivity contribution < 1.29 is 32.7 Å². The maximum Gasteiger partial charge on any atom is 0.416 e. The van der Waals surface area contributed by atoms with E-state index in [9.17, 15) is 32.7 Å². The van der Waals surface area contributed by atoms with Crippen molar-refractivity contribution in [1.29, 1.82) is 0 Å². The second-order valence-corrected chi connectivity index (χ2v) is 10.7. The number of anilines is 1. The first kappa shape index (κ1) is 33.0. The number of hydrogen-bond donors (Lipinski definition) is 3. The summed E-state index contributed by atoms with van der Waals surface area (Å²) in [6, 6.07) is 8.30. The van der Waals surface area contributed by atoms with E-state index in [0.717, 1.165) is 62.9 Å². The first-order valence-electron chi connectivity index (χ1n) is 14.2. The number of rotatable bonds is 7. The number of alkyl halides is 3. The molecule has 1 aromatic carbocycles. The van der Waals surface area contributed by atoms with Crippen molar-refractivity contribution in [2.75, 3.05) is 38.1 Å². The van der Waals surface area contributed by atoms with Gasteiger partial charge >= 0.3 is 6.18 Å². The number of benzene rings is 1. The summed E-state index contributed by atoms with van der Waals surface area (Å²) in [6.45, 7) is 5.72. The molecule has 0 spiro atoms. The first-order chi connectivity index (χ1) is 19.8. The third-order valence-electron chi connectivity index (χ3n) is 7.70. The molecule has 12 heteroatoms. The predicted octanol–water partition coefficient (Wildman–Crippen LogP) is 3.86. The van der Waals surface area contributed by atoms with Gasteiger partial charge in [-0.3, -0.25) is 19.4 Å². The maximum atomic E-state index is 12.6. The summed E-state index contributed by atoms with van der Waals surface area (Å²) in [5, 5.41) is 16.6. The zero-order valence-electron chi connectivity index (χ0n) is 24.3. The summed E-state index contributed by atoms with van der Waals surface area (Å²) in [5.41, 5.74) is -0.381. The largest absolute Gasteiger partial charge is 0.416 e. The molecule has 1 aliphatic carbocycles. The number of carbonyl (C=O) groups excluding carboxylic acids is 3. The standard InChI is InChI=1S/C16H25N3O2.C14H15F3N2O2/c1-4-17-13-7-9-16(21,10-8-13)15-6-5-14(11-18-15)19(3)12(2)20;15-14(16,17)11-5-3-4-10(8-11)13(21)18-9-12(20)19-6-1-2-7-19/h5-6,11,13,17,21H,4,7-10H2,1-3H3;3-5,8H,1-2,6-7,9H2,(H,18,21). The zero-order chi connectivity index (χ0) is 30.9. The number of likely N-dealkylation sites (tertiary alicyclic amines) is 1. The Morgan fingerprint density at radius 1 is 1.12 bits per heavy atom. The van der Waals surface area contributed by atoms with Crippen molar-refractivity contribution in [3.8, 4) is 0 Å². The van der Waals surface area contributed by atoms with E-state index in [1.54, 1.807) is 23.0 Å². The van der Waals surface area contributed by atoms with Crippen LogP contribution in [0.4, 0.5) is 18.9 Å². The van der Waals surface area contributed by atoms with Gasteiger partial charge in [-0.1, -0.05) is 13.0 Å². The second kappa shape index (κ2) is 14.6. The molecule has 0 unspecified atom stereocenters. The van der Waals surface area contributed by atoms with Crippen molar-refractivity contribution >= 4 is 23.4 Å². The van der Waals surface area contributed by atoms with E-state index in [1.807, 2.05) is 12.1 Å². The summed E-state index contributed by atoms with van der Waals surface area (Å²) >= 11 is 0. The van der Waals surface area contributed by atoms with Crippen LogP contribution in [0.3, 0.4) is 0 Å². The normalized spacial score (nSPS) is 20.4. The SMILES string of the molecule is CCNC1CCC(O)(c2ccc(N(C)C(C)=O)cn2)CC1.O=C(NCC(=O)N1CCCC1)c1cccc(C(F)(F)F)c1. The highest BCUT2D eigenvalue weighted by Gasteiger charge is 2.36. The molecular weight excluding hydrogens is 551 g/mol. The maximum absolute atomic E-state index is 12.6. The van der Waals surface area contributed by atoms with Crippen LogP contribution < -0.4 is 15.5 Å². The van der Waals surface area contributed by atoms with Gasteiger partial charge in [-0.05, 0) is 75.4 Å². The molecule has 9 nitrogen and oxygen atoms in total. The number of pyridine rings is 1. The van der Waals surface area contributed by atoms with Crippen molar-refractivity contribution in [2.45, 2.75) is 70.2 Å². The van der Waals surface area contributed by atoms with Crippen LogP contribution in [0.1, 0.15) is 74.0 Å². The Morgan fingerprint density at radius 3 is 2.33 bits per heavy atom. The lowest BCUT2D eigenvalue weighted by molar-refractivity contribution is -0.137. The third-order valence-corrected chi connectivity index (χ3v) is 7.70. The van der Waals surface area contributed by atoms with E-state index in [0.29, 0.717) is 24.8 Å². The quantitative estimate of drug-likeness (QED) is 0.451. The van der Waals surface area contributed by atoms with Crippen molar-refractivity contribution in [2.24, 2.45) is 0 Å². The molecule has 2 heterocycles. The fourth-order valence-electron chi connectivity index (χ4n) is 5.06. The first-order valence-corrected chi connectivity index (χ1v) is 14.2. The molecule has 3 amide bonds. The number of amides is 3. The van der Waals surface area contributed by atoms with Gasteiger partial charge in [0.2, 0.25) is 11.8 Å². The molecule has 2 aromatic rings. The lowest BCUT2D eigenvalue weighted by Crippen LogP contribution is -2.40. The molecule has 1 aromatic heterocycles. The summed E-state index contributed by atoms with van der Waals surface area (Å²) in [4.78, 5) is 42.4. The molecule has 3 N–H and O–H groups in total. The molecule has 2 aliphatic rings. The van der Waals surface area contributed by atoms with Gasteiger partial charge in [0.05, 0.1) is 29.7 Å². The van der Waals surface area contributed by atoms with Crippen LogP contribution in [0, 0.1) is 0 Å². The molecule has 1 aliphatic heterocycles. The Balaban J connectivity index is 0.000000230. The number of nitrogens with zero attached hydrogens (tertiary/aromatic N) is 3. The zero-order valence-corrected chi connectivity index (χ0v) is 24.3. The number of carbonyl (C=O) groups is 3. The lowest BCUT2D eigenvalue weighted by atomic mass is 9.80. The Labute approximate surface area is 244 Å². The average molecular weight is 592 g/mol. The number of hydrogen-bond acceptors (Lipinski definition) is 6. The summed E-state index contributed by atoms with van der Waals surface area (Å²) < 4.78 is 37.7. The van der Waals surface area contributed by atoms with Crippen LogP contribution in [-0.4, -0.2) is 72.0 Å². The summed E-state index contributed by atoms with van der Waals surface area (Å²) in [6.07, 6.45) is 2.40. The fourth-order valence-corrected chi connectivity index (χ4v) is 5.06. The molecule has 230 valence electrons. The molecule has 0 atom stereocenters. The van der Waals surface area contributed by atoms with E-state index < -0.39 is 23.2 Å². The highest BCUT2D eigenvalue weighted by atomic mass is 19.4. The molecule has 1 saturated carbocycles. The predicted molar refractivity (Wildman–Crippen MR) is 153 cm³/mol. The van der Waals surface area contributed by atoms with E-state index >= 15 is 0 Å². The Hall–Kier alpha value is -3.51. The van der Waals surface area contributed by atoms with Gasteiger partial charge in [0, 0.05) is 38.7 Å². The number of aliphatic hydroxyl groups is 1. The minimum atomic E-state index is -4.50. The summed E-state index contributed by atoms with van der Waals surface area (Å²) in [7, 11) is 1.72. The minimum Gasteiger partial charge on any atom is -0.384 e. The van der Waals surface area contributed by atoms with Crippen LogP contribution >= 0.6 is 0 Å². The molecule has 42 heavy (non-hydrogen) atoms. The van der Waals surface area contributed by atoms with Crippen LogP contribution in [0.15, 0.2) is 42.6 Å². The Bertz CT molecular complexity index is 1210. The van der Waals surface area contributed by atoms with Gasteiger partial charge in [-0.15, -0.1) is 0 Å². The lowest BCUT2D eigenvalue weighted by Gasteiger charge is -2.36. The number of aromatic nitrogens is 1. The van der Waals surface area contributed by atoms with E-state index in [-0.39, 0.29) is 23.9 Å². The molecule has 2 fully saturated rings. The number of nitrogens with one attached hydrogen (secondary N) is 2. The van der Waals surface area contributed by atoms with Crippen molar-refractivity contribution in [3.63, 3.8) is 0 Å². The van der Waals surface area contributed by atoms with E-state index in [2.05, 4.69) is 22.5 Å². The number of halogens is 3. The van der Waals surface area contributed by atoms with Gasteiger partial charge in [-0.2, -0.15) is 13.2 Å². The van der Waals surface area contributed by atoms with E-state index in [1.165, 1.54) is 19.1 Å². The fraction of sp³-hybridized carbons (Fsp3) is 0.533. The Morgan fingerprint density at radius 2 is 1.79 bits per heavy atom. The van der Waals surface area contributed by atoms with Gasteiger partial charge in [0.1, 0.15) is 5.60 Å². The summed E-state index contributed by atoms with van der Waals surface area (Å²) in [5.74, 6) is -0.934. The highest BCUT2D eigenvalue weighted by Crippen LogP contribution is 2.36. The third kappa shape index (κ3) is 8.99. The molecule has 0 radical (unpaired) electrons. The van der Waals surface area contributed by atoms with Crippen molar-refractivity contribution in [3.05, 3.63) is 59.4 Å². The van der Waals surface area contributed by atoms with Gasteiger partial charge in [0.15, 0.2) is 0 Å². The second-order valence-electron chi connectivity index (χ2n) is 10.7. The average Bonchev–Trinajstić information content (AvgIpc) is 3.52. The monoisotopic (exact) mass is 591 g/mol. The van der Waals surface area contributed by atoms with Crippen molar-refractivity contribution in [1.82, 2.24) is 20.5 Å². The van der Waals surface area contributed by atoms with Crippen LogP contribution in [-0.2, 0) is 21.4 Å². The Kier molecular flexibility index (Phi) is 11.5. The van der Waals surface area contributed by atoms with Gasteiger partial charge in [-0.25, -0.2) is 0 Å². The molecule has 1 saturated heterocycles. The van der Waals surface area contributed by atoms with Gasteiger partial charge < -0.3 is 25.5 Å². The van der Waals surface area contributed by atoms with Crippen LogP contribution in [0.5, 0.6) is 0 Å². The molecular formula is C30H40F3N5O4. The van der Waals surface area contributed by atoms with Gasteiger partial charge in [0.25, 0.3) is 5.91 Å². The topological polar surface area (TPSA) is 115 Å². The van der Waals surface area contributed by atoms with E-state index in [4.69, 9.17) is 0 Å². The minimum absolute atomic E-state index is 0.0330. The van der Waals surface area contributed by atoms with Crippen LogP contribution in [0.2, 0.25) is 0 Å².